The largest absolute Gasteiger partial charge is 0.481 e. The summed E-state index contributed by atoms with van der Waals surface area (Å²) in [6.45, 7) is 19.7. The Morgan fingerprint density at radius 2 is 1.67 bits per heavy atom. The van der Waals surface area contributed by atoms with Crippen LogP contribution in [0.1, 0.15) is 122 Å². The van der Waals surface area contributed by atoms with Gasteiger partial charge in [-0.3, -0.25) is 4.79 Å². The maximum atomic E-state index is 12.3. The molecule has 1 saturated heterocycles. The van der Waals surface area contributed by atoms with Crippen LogP contribution in [0.3, 0.4) is 0 Å². The van der Waals surface area contributed by atoms with Gasteiger partial charge in [0, 0.05) is 49.6 Å². The van der Waals surface area contributed by atoms with Gasteiger partial charge in [-0.2, -0.15) is 10.5 Å². The first kappa shape index (κ1) is 37.4. The topological polar surface area (TPSA) is 78.9 Å². The van der Waals surface area contributed by atoms with Gasteiger partial charge >= 0.3 is 11.9 Å². The molecule has 7 heteroatoms. The maximum absolute atomic E-state index is 12.3. The van der Waals surface area contributed by atoms with Crippen LogP contribution < -0.4 is 5.32 Å². The van der Waals surface area contributed by atoms with Crippen molar-refractivity contribution in [1.82, 2.24) is 10.2 Å². The Kier molecular flexibility index (Phi) is 10.0. The fourth-order valence-corrected chi connectivity index (χ4v) is 15.8. The Labute approximate surface area is 310 Å². The van der Waals surface area contributed by atoms with E-state index in [2.05, 4.69) is 75.3 Å². The van der Waals surface area contributed by atoms with Gasteiger partial charge in [0.2, 0.25) is 0 Å². The number of esters is 1. The zero-order valence-electron chi connectivity index (χ0n) is 32.7. The molecule has 5 fully saturated rings. The maximum Gasteiger partial charge on any atom is 0.337 e. The van der Waals surface area contributed by atoms with Crippen LogP contribution in [0.15, 0.2) is 30.3 Å². The normalized spacial score (nSPS) is 40.6. The number of rotatable bonds is 8. The van der Waals surface area contributed by atoms with Gasteiger partial charge in [-0.1, -0.05) is 58.2 Å². The average molecular weight is 719 g/mol. The summed E-state index contributed by atoms with van der Waals surface area (Å²) in [6.07, 6.45) is 13.6. The SMILES string of the molecule is CC=S1CCN(CCN[C@]23CC[C@@H](CC(=O)O)[C@@H]2[C@H]2CC[C@@H]4[C@@]5(C)CC=C(c6ccc(C(=O)OC)cc6)C(C)(C)[C@@H]5CC[C@@]4(C)[C@]2(C)CC3)CC1. The fourth-order valence-electron chi connectivity index (χ4n) is 14.1. The number of benzene rings is 1. The molecule has 0 spiro atoms. The Morgan fingerprint density at radius 3 is 2.33 bits per heavy atom. The molecular weight excluding hydrogens is 653 g/mol. The summed E-state index contributed by atoms with van der Waals surface area (Å²) in [7, 11) is 1.94. The fraction of sp³-hybridized carbons (Fsp3) is 0.750. The summed E-state index contributed by atoms with van der Waals surface area (Å²) < 4.78 is 4.96. The zero-order chi connectivity index (χ0) is 36.4. The molecule has 0 bridgehead atoms. The van der Waals surface area contributed by atoms with Gasteiger partial charge in [-0.25, -0.2) is 4.79 Å². The van der Waals surface area contributed by atoms with Crippen molar-refractivity contribution in [3.8, 4) is 0 Å². The Balaban J connectivity index is 1.14. The number of carbonyl (C=O) groups excluding carboxylic acids is 1. The molecule has 0 unspecified atom stereocenters. The molecule has 1 aliphatic heterocycles. The lowest BCUT2D eigenvalue weighted by Gasteiger charge is -2.72. The van der Waals surface area contributed by atoms with Gasteiger partial charge < -0.3 is 20.1 Å². The van der Waals surface area contributed by atoms with Crippen LogP contribution in [-0.4, -0.2) is 77.6 Å². The minimum Gasteiger partial charge on any atom is -0.481 e. The number of hydrogen-bond donors (Lipinski definition) is 2. The number of carboxylic acid groups (broad SMARTS) is 1. The molecule has 51 heavy (non-hydrogen) atoms. The third kappa shape index (κ3) is 6.02. The summed E-state index contributed by atoms with van der Waals surface area (Å²) in [6, 6.07) is 8.07. The predicted octanol–water partition coefficient (Wildman–Crippen LogP) is 8.77. The number of carboxylic acids is 1. The van der Waals surface area contributed by atoms with Crippen molar-refractivity contribution in [3.63, 3.8) is 0 Å². The van der Waals surface area contributed by atoms with E-state index in [0.717, 1.165) is 32.4 Å². The molecule has 1 aromatic carbocycles. The first-order valence-corrected chi connectivity index (χ1v) is 21.9. The molecule has 0 radical (unpaired) electrons. The van der Waals surface area contributed by atoms with Crippen LogP contribution >= 0.6 is 10.5 Å². The van der Waals surface area contributed by atoms with E-state index in [1.807, 2.05) is 12.1 Å². The first-order chi connectivity index (χ1) is 24.2. The van der Waals surface area contributed by atoms with Crippen LogP contribution in [0.25, 0.3) is 5.57 Å². The summed E-state index contributed by atoms with van der Waals surface area (Å²) >= 11 is 0. The molecule has 6 nitrogen and oxygen atoms in total. The number of ether oxygens (including phenoxy) is 1. The van der Waals surface area contributed by atoms with E-state index in [1.165, 1.54) is 81.4 Å². The van der Waals surface area contributed by atoms with E-state index in [4.69, 9.17) is 4.74 Å². The minimum absolute atomic E-state index is 0.0209. The molecule has 9 atom stereocenters. The van der Waals surface area contributed by atoms with E-state index in [0.29, 0.717) is 46.1 Å². The van der Waals surface area contributed by atoms with E-state index < -0.39 is 5.97 Å². The molecule has 2 N–H and O–H groups in total. The monoisotopic (exact) mass is 718 g/mol. The smallest absolute Gasteiger partial charge is 0.337 e. The summed E-state index contributed by atoms with van der Waals surface area (Å²) in [5, 5.41) is 16.8. The summed E-state index contributed by atoms with van der Waals surface area (Å²) in [4.78, 5) is 27.1. The van der Waals surface area contributed by atoms with Crippen molar-refractivity contribution in [2.45, 2.75) is 111 Å². The van der Waals surface area contributed by atoms with Crippen molar-refractivity contribution in [2.75, 3.05) is 44.8 Å². The highest BCUT2D eigenvalue weighted by Gasteiger charge is 2.70. The lowest BCUT2D eigenvalue weighted by atomic mass is 9.33. The molecule has 1 aromatic rings. The van der Waals surface area contributed by atoms with E-state index in [-0.39, 0.29) is 39.1 Å². The zero-order valence-corrected chi connectivity index (χ0v) is 33.5. The molecule has 5 aliphatic carbocycles. The van der Waals surface area contributed by atoms with Gasteiger partial charge in [0.05, 0.1) is 12.7 Å². The highest BCUT2D eigenvalue weighted by atomic mass is 32.2. The molecule has 7 rings (SSSR count). The van der Waals surface area contributed by atoms with E-state index >= 15 is 0 Å². The molecular formula is C44H66N2O4S. The van der Waals surface area contributed by atoms with E-state index in [9.17, 15) is 14.7 Å². The van der Waals surface area contributed by atoms with Gasteiger partial charge in [0.1, 0.15) is 0 Å². The number of carbonyl (C=O) groups is 2. The van der Waals surface area contributed by atoms with Crippen molar-refractivity contribution in [3.05, 3.63) is 41.5 Å². The van der Waals surface area contributed by atoms with Crippen molar-refractivity contribution in [2.24, 2.45) is 51.2 Å². The number of methoxy groups -OCH3 is 1. The van der Waals surface area contributed by atoms with E-state index in [1.54, 1.807) is 0 Å². The molecule has 0 aromatic heterocycles. The molecule has 282 valence electrons. The summed E-state index contributed by atoms with van der Waals surface area (Å²) in [5.74, 6) is 4.23. The second kappa shape index (κ2) is 13.7. The predicted molar refractivity (Wildman–Crippen MR) is 211 cm³/mol. The first-order valence-electron chi connectivity index (χ1n) is 20.3. The second-order valence-electron chi connectivity index (χ2n) is 18.8. The highest BCUT2D eigenvalue weighted by Crippen LogP contribution is 2.76. The second-order valence-corrected chi connectivity index (χ2v) is 21.2. The summed E-state index contributed by atoms with van der Waals surface area (Å²) in [5.41, 5.74) is 4.01. The Morgan fingerprint density at radius 1 is 0.941 bits per heavy atom. The van der Waals surface area contributed by atoms with Crippen LogP contribution in [0, 0.1) is 51.2 Å². The number of allylic oxidation sites excluding steroid dienone is 2. The Hall–Kier alpha value is -1.96. The van der Waals surface area contributed by atoms with Crippen molar-refractivity contribution in [1.29, 1.82) is 0 Å². The number of nitrogens with zero attached hydrogens (tertiary/aromatic N) is 1. The lowest BCUT2D eigenvalue weighted by Crippen LogP contribution is -2.68. The molecule has 6 aliphatic rings. The molecule has 1 heterocycles. The number of aliphatic carboxylic acids is 1. The molecule has 0 amide bonds. The number of nitrogens with one attached hydrogen (secondary N) is 1. The third-order valence-corrected chi connectivity index (χ3v) is 18.9. The quantitative estimate of drug-likeness (QED) is 0.207. The average Bonchev–Trinajstić information content (AvgIpc) is 3.45. The molecule has 4 saturated carbocycles. The standard InChI is InChI=1S/C44H66N2O4S/c1-8-51-27-25-46(26-28-51)24-23-45-44-20-15-32(29-37(47)48)38(44)34-13-14-36-41(4)18-16-33(30-9-11-31(12-10-30)39(49)50-7)40(2,3)35(41)17-19-43(36,6)42(34,5)21-22-44/h8-12,16,32,34-36,38,45H,13-15,17-29H2,1-7H3,(H,47,48)/t32-,34+,35-,36+,38+,41-,42+,43+,44-/m0/s1. The number of fused-ring (bicyclic) bond motifs is 7. The minimum atomic E-state index is -0.612. The number of hydrogen-bond acceptors (Lipinski definition) is 5. The van der Waals surface area contributed by atoms with Crippen LogP contribution in [0.5, 0.6) is 0 Å². The highest BCUT2D eigenvalue weighted by molar-refractivity contribution is 8.15. The van der Waals surface area contributed by atoms with Crippen LogP contribution in [0.2, 0.25) is 0 Å². The van der Waals surface area contributed by atoms with Gasteiger partial charge in [0.15, 0.2) is 0 Å². The van der Waals surface area contributed by atoms with Crippen LogP contribution in [-0.2, 0) is 9.53 Å². The van der Waals surface area contributed by atoms with Crippen molar-refractivity contribution < 1.29 is 19.4 Å². The van der Waals surface area contributed by atoms with Crippen molar-refractivity contribution >= 4 is 33.4 Å². The van der Waals surface area contributed by atoms with Gasteiger partial charge in [-0.15, -0.1) is 0 Å². The Bertz CT molecular complexity index is 1560. The third-order valence-electron chi connectivity index (χ3n) is 16.8. The van der Waals surface area contributed by atoms with Crippen LogP contribution in [0.4, 0.5) is 0 Å². The van der Waals surface area contributed by atoms with Gasteiger partial charge in [0.25, 0.3) is 0 Å². The van der Waals surface area contributed by atoms with Gasteiger partial charge in [-0.05, 0) is 139 Å². The lowest BCUT2D eigenvalue weighted by molar-refractivity contribution is -0.220.